The van der Waals surface area contributed by atoms with E-state index in [-0.39, 0.29) is 11.3 Å². The summed E-state index contributed by atoms with van der Waals surface area (Å²) >= 11 is 0. The molecule has 0 spiro atoms. The number of hydrogen-bond donors (Lipinski definition) is 2. The Hall–Kier alpha value is -1.78. The normalized spacial score (nSPS) is 10.7. The minimum Gasteiger partial charge on any atom is -0.478 e. The van der Waals surface area contributed by atoms with Crippen molar-refractivity contribution < 1.29 is 14.3 Å². The smallest absolute Gasteiger partial charge is 0.340 e. The fourth-order valence-electron chi connectivity index (χ4n) is 1.70. The number of nitrogens with two attached hydrogens (primary N) is 1. The Labute approximate surface area is 106 Å². The molecule has 1 aromatic rings. The third-order valence-corrected chi connectivity index (χ3v) is 2.84. The van der Waals surface area contributed by atoms with Crippen LogP contribution in [0.4, 0.5) is 15.8 Å². The zero-order valence-corrected chi connectivity index (χ0v) is 10.9. The summed E-state index contributed by atoms with van der Waals surface area (Å²) in [5, 5.41) is 9.12. The van der Waals surface area contributed by atoms with Crippen LogP contribution in [-0.4, -0.2) is 24.7 Å². The van der Waals surface area contributed by atoms with Crippen LogP contribution in [0.2, 0.25) is 0 Å². The van der Waals surface area contributed by atoms with E-state index in [1.54, 1.807) is 11.9 Å². The van der Waals surface area contributed by atoms with Crippen LogP contribution in [0.1, 0.15) is 30.6 Å². The van der Waals surface area contributed by atoms with Gasteiger partial charge in [0.25, 0.3) is 0 Å². The lowest BCUT2D eigenvalue weighted by Gasteiger charge is -2.23. The van der Waals surface area contributed by atoms with Gasteiger partial charge in [0, 0.05) is 13.6 Å². The van der Waals surface area contributed by atoms with Gasteiger partial charge in [0.2, 0.25) is 0 Å². The van der Waals surface area contributed by atoms with E-state index >= 15 is 0 Å². The molecule has 1 aromatic carbocycles. The van der Waals surface area contributed by atoms with Gasteiger partial charge < -0.3 is 15.7 Å². The number of carbonyl (C=O) groups is 1. The molecule has 0 aliphatic rings. The van der Waals surface area contributed by atoms with Crippen molar-refractivity contribution in [1.82, 2.24) is 0 Å². The molecule has 0 saturated carbocycles. The molecule has 0 radical (unpaired) electrons. The number of anilines is 2. The first-order valence-electron chi connectivity index (χ1n) is 5.87. The minimum atomic E-state index is -1.21. The Bertz CT molecular complexity index is 447. The number of aromatic carboxylic acids is 1. The summed E-state index contributed by atoms with van der Waals surface area (Å²) in [6.07, 6.45) is 0.923. The number of hydrogen-bond acceptors (Lipinski definition) is 3. The van der Waals surface area contributed by atoms with Gasteiger partial charge in [-0.05, 0) is 24.5 Å². The molecule has 1 rings (SSSR count). The van der Waals surface area contributed by atoms with Crippen LogP contribution < -0.4 is 10.6 Å². The van der Waals surface area contributed by atoms with Crippen LogP contribution in [0.15, 0.2) is 12.1 Å². The second kappa shape index (κ2) is 5.71. The highest BCUT2D eigenvalue weighted by atomic mass is 19.1. The average molecular weight is 254 g/mol. The summed E-state index contributed by atoms with van der Waals surface area (Å²) < 4.78 is 13.3. The third-order valence-electron chi connectivity index (χ3n) is 2.84. The number of carboxylic acids is 1. The second-order valence-corrected chi connectivity index (χ2v) is 4.76. The summed E-state index contributed by atoms with van der Waals surface area (Å²) in [5.74, 6) is -1.40. The monoisotopic (exact) mass is 254 g/mol. The Kier molecular flexibility index (Phi) is 4.53. The van der Waals surface area contributed by atoms with Crippen molar-refractivity contribution in [3.8, 4) is 0 Å². The first-order chi connectivity index (χ1) is 8.34. The van der Waals surface area contributed by atoms with Gasteiger partial charge in [-0.2, -0.15) is 0 Å². The molecular weight excluding hydrogens is 235 g/mol. The van der Waals surface area contributed by atoms with Gasteiger partial charge in [-0.3, -0.25) is 0 Å². The number of carboxylic acid groups (broad SMARTS) is 1. The van der Waals surface area contributed by atoms with Crippen molar-refractivity contribution >= 4 is 17.3 Å². The van der Waals surface area contributed by atoms with E-state index in [1.165, 1.54) is 12.1 Å². The molecule has 0 saturated heterocycles. The van der Waals surface area contributed by atoms with E-state index in [0.29, 0.717) is 18.2 Å². The third kappa shape index (κ3) is 3.12. The predicted octanol–water partition coefficient (Wildman–Crippen LogP) is 2.59. The maximum Gasteiger partial charge on any atom is 0.340 e. The zero-order chi connectivity index (χ0) is 13.9. The lowest BCUT2D eigenvalue weighted by molar-refractivity contribution is 0.0698. The Morgan fingerprint density at radius 2 is 2.11 bits per heavy atom. The van der Waals surface area contributed by atoms with Crippen LogP contribution in [0.5, 0.6) is 0 Å². The van der Waals surface area contributed by atoms with Crippen LogP contribution in [0.25, 0.3) is 0 Å². The van der Waals surface area contributed by atoms with Crippen molar-refractivity contribution in [1.29, 1.82) is 0 Å². The maximum absolute atomic E-state index is 13.3. The molecule has 0 heterocycles. The Morgan fingerprint density at radius 3 is 2.61 bits per heavy atom. The van der Waals surface area contributed by atoms with Gasteiger partial charge in [0.15, 0.2) is 0 Å². The van der Waals surface area contributed by atoms with Gasteiger partial charge in [0.05, 0.1) is 11.4 Å². The molecule has 0 aromatic heterocycles. The van der Waals surface area contributed by atoms with E-state index in [0.717, 1.165) is 6.42 Å². The molecule has 5 heteroatoms. The van der Waals surface area contributed by atoms with Gasteiger partial charge in [-0.15, -0.1) is 0 Å². The number of nitrogens with zero attached hydrogens (tertiary/aromatic N) is 1. The molecule has 0 fully saturated rings. The predicted molar refractivity (Wildman–Crippen MR) is 70.5 cm³/mol. The van der Waals surface area contributed by atoms with E-state index in [1.807, 2.05) is 0 Å². The molecule has 0 aliphatic carbocycles. The highest BCUT2D eigenvalue weighted by Crippen LogP contribution is 2.28. The lowest BCUT2D eigenvalue weighted by Crippen LogP contribution is -2.23. The topological polar surface area (TPSA) is 66.6 Å². The van der Waals surface area contributed by atoms with Crippen LogP contribution in [-0.2, 0) is 0 Å². The van der Waals surface area contributed by atoms with Gasteiger partial charge in [0.1, 0.15) is 11.4 Å². The fourth-order valence-corrected chi connectivity index (χ4v) is 1.70. The first kappa shape index (κ1) is 14.3. The molecule has 4 nitrogen and oxygen atoms in total. The fraction of sp³-hybridized carbons (Fsp3) is 0.462. The number of halogens is 1. The summed E-state index contributed by atoms with van der Waals surface area (Å²) in [6, 6.07) is 2.65. The summed E-state index contributed by atoms with van der Waals surface area (Å²) in [7, 11) is 1.78. The van der Waals surface area contributed by atoms with Crippen LogP contribution in [0.3, 0.4) is 0 Å². The standard InChI is InChI=1S/C13H19FN2O2/c1-8(2)6-7-16(3)10-5-4-9(14)12(15)11(10)13(17)18/h4-5,8H,6-7,15H2,1-3H3,(H,17,18). The maximum atomic E-state index is 13.3. The van der Waals surface area contributed by atoms with E-state index in [9.17, 15) is 9.18 Å². The van der Waals surface area contributed by atoms with Crippen molar-refractivity contribution in [3.63, 3.8) is 0 Å². The Morgan fingerprint density at radius 1 is 1.50 bits per heavy atom. The minimum absolute atomic E-state index is 0.166. The molecule has 18 heavy (non-hydrogen) atoms. The SMILES string of the molecule is CC(C)CCN(C)c1ccc(F)c(N)c1C(=O)O. The number of rotatable bonds is 5. The van der Waals surface area contributed by atoms with E-state index in [4.69, 9.17) is 10.8 Å². The van der Waals surface area contributed by atoms with Crippen molar-refractivity contribution in [2.75, 3.05) is 24.2 Å². The van der Waals surface area contributed by atoms with E-state index < -0.39 is 11.8 Å². The molecule has 0 bridgehead atoms. The van der Waals surface area contributed by atoms with E-state index in [2.05, 4.69) is 13.8 Å². The van der Waals surface area contributed by atoms with Crippen molar-refractivity contribution in [3.05, 3.63) is 23.5 Å². The molecule has 0 unspecified atom stereocenters. The summed E-state index contributed by atoms with van der Waals surface area (Å²) in [5.41, 5.74) is 5.47. The number of benzene rings is 1. The molecule has 0 amide bonds. The molecule has 0 aliphatic heterocycles. The van der Waals surface area contributed by atoms with Crippen LogP contribution in [0, 0.1) is 11.7 Å². The lowest BCUT2D eigenvalue weighted by atomic mass is 10.1. The van der Waals surface area contributed by atoms with Gasteiger partial charge >= 0.3 is 5.97 Å². The molecule has 100 valence electrons. The average Bonchev–Trinajstić information content (AvgIpc) is 2.28. The summed E-state index contributed by atoms with van der Waals surface area (Å²) in [6.45, 7) is 4.87. The highest BCUT2D eigenvalue weighted by Gasteiger charge is 2.19. The largest absolute Gasteiger partial charge is 0.478 e. The zero-order valence-electron chi connectivity index (χ0n) is 10.9. The van der Waals surface area contributed by atoms with Crippen LogP contribution >= 0.6 is 0 Å². The second-order valence-electron chi connectivity index (χ2n) is 4.76. The van der Waals surface area contributed by atoms with Crippen molar-refractivity contribution in [2.24, 2.45) is 5.92 Å². The van der Waals surface area contributed by atoms with Gasteiger partial charge in [-0.1, -0.05) is 13.8 Å². The first-order valence-corrected chi connectivity index (χ1v) is 5.87. The van der Waals surface area contributed by atoms with Gasteiger partial charge in [-0.25, -0.2) is 9.18 Å². The molecule has 3 N–H and O–H groups in total. The number of nitrogen functional groups attached to an aromatic ring is 1. The molecule has 0 atom stereocenters. The highest BCUT2D eigenvalue weighted by molar-refractivity contribution is 6.00. The summed E-state index contributed by atoms with van der Waals surface area (Å²) in [4.78, 5) is 13.0. The quantitative estimate of drug-likeness (QED) is 0.792. The van der Waals surface area contributed by atoms with Crippen molar-refractivity contribution in [2.45, 2.75) is 20.3 Å². The molecular formula is C13H19FN2O2. The Balaban J connectivity index is 3.08.